The number of ether oxygens (including phenoxy) is 1. The Labute approximate surface area is 156 Å². The molecule has 6 nitrogen and oxygen atoms in total. The molecule has 0 saturated carbocycles. The second-order valence-corrected chi connectivity index (χ2v) is 6.35. The molecule has 1 aromatic heterocycles. The van der Waals surface area contributed by atoms with Crippen LogP contribution < -0.4 is 10.1 Å². The number of halogens is 2. The van der Waals surface area contributed by atoms with Crippen molar-refractivity contribution in [3.63, 3.8) is 0 Å². The van der Waals surface area contributed by atoms with Crippen LogP contribution in [0.2, 0.25) is 0 Å². The van der Waals surface area contributed by atoms with Crippen LogP contribution >= 0.6 is 11.3 Å². The standard InChI is InChI=1S/C18H12F2N2O4S/c19-15-6-1-12(8-16(15)20)21-18(23)17-7-11(10-27-17)9-26-14-4-2-13(3-5-14)22(24)25/h1-8,10H,9H2,(H,21,23). The Morgan fingerprint density at radius 1 is 1.11 bits per heavy atom. The van der Waals surface area contributed by atoms with Crippen LogP contribution in [0.4, 0.5) is 20.2 Å². The van der Waals surface area contributed by atoms with Crippen molar-refractivity contribution in [2.24, 2.45) is 0 Å². The second-order valence-electron chi connectivity index (χ2n) is 5.44. The van der Waals surface area contributed by atoms with Gasteiger partial charge in [0.25, 0.3) is 11.6 Å². The molecule has 138 valence electrons. The first-order valence-corrected chi connectivity index (χ1v) is 8.51. The van der Waals surface area contributed by atoms with Crippen molar-refractivity contribution in [2.75, 3.05) is 5.32 Å². The summed E-state index contributed by atoms with van der Waals surface area (Å²) >= 11 is 1.18. The Hall–Kier alpha value is -3.33. The molecule has 1 heterocycles. The van der Waals surface area contributed by atoms with E-state index in [1.165, 1.54) is 41.7 Å². The number of rotatable bonds is 6. The van der Waals surface area contributed by atoms with Crippen molar-refractivity contribution >= 4 is 28.6 Å². The molecule has 3 aromatic rings. The zero-order valence-corrected chi connectivity index (χ0v) is 14.5. The topological polar surface area (TPSA) is 81.5 Å². The van der Waals surface area contributed by atoms with Crippen LogP contribution in [0.5, 0.6) is 5.75 Å². The number of carbonyl (C=O) groups is 1. The molecule has 0 fully saturated rings. The molecule has 2 aromatic carbocycles. The minimum absolute atomic E-state index is 0.0333. The lowest BCUT2D eigenvalue weighted by Gasteiger charge is -2.04. The van der Waals surface area contributed by atoms with E-state index in [2.05, 4.69) is 5.32 Å². The molecule has 27 heavy (non-hydrogen) atoms. The van der Waals surface area contributed by atoms with Crippen molar-refractivity contribution in [1.82, 2.24) is 0 Å². The van der Waals surface area contributed by atoms with E-state index < -0.39 is 22.5 Å². The van der Waals surface area contributed by atoms with Crippen molar-refractivity contribution in [3.8, 4) is 5.75 Å². The van der Waals surface area contributed by atoms with E-state index in [1.54, 1.807) is 11.4 Å². The molecule has 0 aliphatic carbocycles. The van der Waals surface area contributed by atoms with Crippen LogP contribution in [0.15, 0.2) is 53.9 Å². The van der Waals surface area contributed by atoms with Gasteiger partial charge < -0.3 is 10.1 Å². The van der Waals surface area contributed by atoms with E-state index in [0.29, 0.717) is 10.6 Å². The molecule has 0 aliphatic rings. The third-order valence-electron chi connectivity index (χ3n) is 3.51. The summed E-state index contributed by atoms with van der Waals surface area (Å²) in [5, 5.41) is 14.8. The van der Waals surface area contributed by atoms with Crippen molar-refractivity contribution in [2.45, 2.75) is 6.61 Å². The number of benzene rings is 2. The van der Waals surface area contributed by atoms with Gasteiger partial charge >= 0.3 is 0 Å². The second kappa shape index (κ2) is 7.92. The number of thiophene rings is 1. The summed E-state index contributed by atoms with van der Waals surface area (Å²) in [6, 6.07) is 10.4. The van der Waals surface area contributed by atoms with Gasteiger partial charge in [-0.25, -0.2) is 8.78 Å². The SMILES string of the molecule is O=C(Nc1ccc(F)c(F)c1)c1cc(COc2ccc([N+](=O)[O-])cc2)cs1. The fourth-order valence-electron chi connectivity index (χ4n) is 2.17. The quantitative estimate of drug-likeness (QED) is 0.486. The highest BCUT2D eigenvalue weighted by molar-refractivity contribution is 7.12. The smallest absolute Gasteiger partial charge is 0.269 e. The predicted molar refractivity (Wildman–Crippen MR) is 96.1 cm³/mol. The summed E-state index contributed by atoms with van der Waals surface area (Å²) in [6.45, 7) is 0.173. The van der Waals surface area contributed by atoms with Gasteiger partial charge in [-0.1, -0.05) is 0 Å². The minimum Gasteiger partial charge on any atom is -0.489 e. The summed E-state index contributed by atoms with van der Waals surface area (Å²) in [5.41, 5.74) is 0.846. The van der Waals surface area contributed by atoms with Crippen molar-refractivity contribution in [3.05, 3.63) is 86.1 Å². The maximum atomic E-state index is 13.2. The number of carbonyl (C=O) groups excluding carboxylic acids is 1. The molecule has 1 N–H and O–H groups in total. The summed E-state index contributed by atoms with van der Waals surface area (Å²) in [5.74, 6) is -2.03. The highest BCUT2D eigenvalue weighted by Crippen LogP contribution is 2.22. The molecule has 0 spiro atoms. The lowest BCUT2D eigenvalue weighted by Crippen LogP contribution is -2.10. The average molecular weight is 390 g/mol. The largest absolute Gasteiger partial charge is 0.489 e. The number of hydrogen-bond acceptors (Lipinski definition) is 5. The minimum atomic E-state index is -1.05. The fraction of sp³-hybridized carbons (Fsp3) is 0.0556. The molecular weight excluding hydrogens is 378 g/mol. The Kier molecular flexibility index (Phi) is 5.41. The van der Waals surface area contributed by atoms with Crippen LogP contribution in [0.1, 0.15) is 15.2 Å². The number of hydrogen-bond donors (Lipinski definition) is 1. The van der Waals surface area contributed by atoms with E-state index >= 15 is 0 Å². The van der Waals surface area contributed by atoms with E-state index in [9.17, 15) is 23.7 Å². The Balaban J connectivity index is 1.59. The first-order valence-electron chi connectivity index (χ1n) is 7.63. The van der Waals surface area contributed by atoms with Gasteiger partial charge in [0.1, 0.15) is 12.4 Å². The molecule has 0 saturated heterocycles. The lowest BCUT2D eigenvalue weighted by molar-refractivity contribution is -0.384. The zero-order chi connectivity index (χ0) is 19.4. The molecular formula is C18H12F2N2O4S. The predicted octanol–water partition coefficient (Wildman–Crippen LogP) is 4.77. The highest BCUT2D eigenvalue weighted by atomic mass is 32.1. The van der Waals surface area contributed by atoms with E-state index in [4.69, 9.17) is 4.74 Å². The molecule has 1 amide bonds. The summed E-state index contributed by atoms with van der Waals surface area (Å²) in [4.78, 5) is 22.7. The summed E-state index contributed by atoms with van der Waals surface area (Å²) in [7, 11) is 0. The molecule has 9 heteroatoms. The van der Waals surface area contributed by atoms with Crippen molar-refractivity contribution in [1.29, 1.82) is 0 Å². The van der Waals surface area contributed by atoms with Gasteiger partial charge in [0, 0.05) is 29.4 Å². The van der Waals surface area contributed by atoms with Gasteiger partial charge in [-0.05, 0) is 35.7 Å². The number of nitro benzene ring substituents is 1. The van der Waals surface area contributed by atoms with Gasteiger partial charge in [0.05, 0.1) is 9.80 Å². The normalized spacial score (nSPS) is 10.4. The molecule has 0 atom stereocenters. The molecule has 0 unspecified atom stereocenters. The van der Waals surface area contributed by atoms with E-state index in [1.807, 2.05) is 0 Å². The first-order chi connectivity index (χ1) is 12.9. The van der Waals surface area contributed by atoms with Gasteiger partial charge in [0.15, 0.2) is 11.6 Å². The monoisotopic (exact) mass is 390 g/mol. The van der Waals surface area contributed by atoms with E-state index in [0.717, 1.165) is 17.7 Å². The fourth-order valence-corrected chi connectivity index (χ4v) is 2.96. The van der Waals surface area contributed by atoms with Crippen LogP contribution in [-0.2, 0) is 6.61 Å². The number of nitrogens with one attached hydrogen (secondary N) is 1. The number of nitro groups is 1. The zero-order valence-electron chi connectivity index (χ0n) is 13.6. The molecule has 0 aliphatic heterocycles. The Morgan fingerprint density at radius 3 is 2.52 bits per heavy atom. The first kappa shape index (κ1) is 18.5. The van der Waals surface area contributed by atoms with Gasteiger partial charge in [-0.2, -0.15) is 0 Å². The lowest BCUT2D eigenvalue weighted by atomic mass is 10.2. The maximum Gasteiger partial charge on any atom is 0.269 e. The van der Waals surface area contributed by atoms with Crippen LogP contribution in [0, 0.1) is 21.7 Å². The van der Waals surface area contributed by atoms with Crippen LogP contribution in [-0.4, -0.2) is 10.8 Å². The third-order valence-corrected chi connectivity index (χ3v) is 4.49. The molecule has 3 rings (SSSR count). The number of nitrogens with zero attached hydrogens (tertiary/aromatic N) is 1. The van der Waals surface area contributed by atoms with Gasteiger partial charge in [0.2, 0.25) is 0 Å². The Morgan fingerprint density at radius 2 is 1.85 bits per heavy atom. The Bertz CT molecular complexity index is 989. The van der Waals surface area contributed by atoms with Crippen LogP contribution in [0.3, 0.4) is 0 Å². The third kappa shape index (κ3) is 4.64. The van der Waals surface area contributed by atoms with Gasteiger partial charge in [-0.3, -0.25) is 14.9 Å². The number of anilines is 1. The highest BCUT2D eigenvalue weighted by Gasteiger charge is 2.12. The molecule has 0 bridgehead atoms. The van der Waals surface area contributed by atoms with Crippen molar-refractivity contribution < 1.29 is 23.2 Å². The summed E-state index contributed by atoms with van der Waals surface area (Å²) < 4.78 is 31.6. The average Bonchev–Trinajstić information content (AvgIpc) is 3.12. The maximum absolute atomic E-state index is 13.2. The number of non-ortho nitro benzene ring substituents is 1. The van der Waals surface area contributed by atoms with Gasteiger partial charge in [-0.15, -0.1) is 11.3 Å². The van der Waals surface area contributed by atoms with E-state index in [-0.39, 0.29) is 18.0 Å². The molecule has 0 radical (unpaired) electrons. The van der Waals surface area contributed by atoms with Crippen LogP contribution in [0.25, 0.3) is 0 Å². The number of amides is 1. The summed E-state index contributed by atoms with van der Waals surface area (Å²) in [6.07, 6.45) is 0.